The zero-order chi connectivity index (χ0) is 18.1. The van der Waals surface area contributed by atoms with Crippen LogP contribution in [0.4, 0.5) is 0 Å². The normalized spacial score (nSPS) is 9.72. The summed E-state index contributed by atoms with van der Waals surface area (Å²) in [5, 5.41) is 11.7. The number of carbonyl (C=O) groups is 2. The van der Waals surface area contributed by atoms with E-state index in [2.05, 4.69) is 18.0 Å². The Morgan fingerprint density at radius 1 is 1.16 bits per heavy atom. The SMILES string of the molecule is C=CCNC(=O)COC(=O)c1ccccc1Sc1ccccc1C#N. The van der Waals surface area contributed by atoms with Crippen LogP contribution < -0.4 is 5.32 Å². The summed E-state index contributed by atoms with van der Waals surface area (Å²) in [4.78, 5) is 25.2. The van der Waals surface area contributed by atoms with Crippen LogP contribution in [0.25, 0.3) is 0 Å². The molecule has 0 aliphatic heterocycles. The first-order chi connectivity index (χ1) is 12.2. The average molecular weight is 352 g/mol. The van der Waals surface area contributed by atoms with Gasteiger partial charge >= 0.3 is 5.97 Å². The number of hydrogen-bond donors (Lipinski definition) is 1. The Hall–Kier alpha value is -3.04. The van der Waals surface area contributed by atoms with Crippen molar-refractivity contribution >= 4 is 23.6 Å². The van der Waals surface area contributed by atoms with Gasteiger partial charge in [0, 0.05) is 16.3 Å². The molecule has 2 aromatic carbocycles. The molecule has 6 heteroatoms. The molecular weight excluding hydrogens is 336 g/mol. The highest BCUT2D eigenvalue weighted by Gasteiger charge is 2.15. The van der Waals surface area contributed by atoms with E-state index in [4.69, 9.17) is 4.74 Å². The van der Waals surface area contributed by atoms with Crippen LogP contribution in [0.15, 0.2) is 71.0 Å². The number of benzene rings is 2. The van der Waals surface area contributed by atoms with Crippen LogP contribution in [-0.4, -0.2) is 25.0 Å². The molecule has 0 spiro atoms. The molecule has 25 heavy (non-hydrogen) atoms. The first-order valence-electron chi connectivity index (χ1n) is 7.46. The van der Waals surface area contributed by atoms with Gasteiger partial charge in [-0.1, -0.05) is 42.1 Å². The second-order valence-electron chi connectivity index (χ2n) is 4.88. The molecule has 5 nitrogen and oxygen atoms in total. The number of rotatable bonds is 7. The molecule has 0 fully saturated rings. The van der Waals surface area contributed by atoms with E-state index in [-0.39, 0.29) is 6.61 Å². The van der Waals surface area contributed by atoms with Gasteiger partial charge in [0.25, 0.3) is 5.91 Å². The molecule has 1 amide bonds. The van der Waals surface area contributed by atoms with Gasteiger partial charge in [0.05, 0.1) is 11.1 Å². The largest absolute Gasteiger partial charge is 0.452 e. The van der Waals surface area contributed by atoms with Crippen molar-refractivity contribution < 1.29 is 14.3 Å². The molecule has 0 bridgehead atoms. The smallest absolute Gasteiger partial charge is 0.339 e. The summed E-state index contributed by atoms with van der Waals surface area (Å²) in [6, 6.07) is 16.2. The highest BCUT2D eigenvalue weighted by molar-refractivity contribution is 7.99. The highest BCUT2D eigenvalue weighted by Crippen LogP contribution is 2.32. The average Bonchev–Trinajstić information content (AvgIpc) is 2.65. The van der Waals surface area contributed by atoms with E-state index in [0.717, 1.165) is 4.90 Å². The van der Waals surface area contributed by atoms with Crippen molar-refractivity contribution in [2.24, 2.45) is 0 Å². The summed E-state index contributed by atoms with van der Waals surface area (Å²) in [5.41, 5.74) is 0.872. The number of nitriles is 1. The van der Waals surface area contributed by atoms with Gasteiger partial charge in [-0.25, -0.2) is 4.79 Å². The van der Waals surface area contributed by atoms with E-state index in [0.29, 0.717) is 22.6 Å². The van der Waals surface area contributed by atoms with E-state index in [1.54, 1.807) is 36.4 Å². The zero-order valence-corrected chi connectivity index (χ0v) is 14.2. The number of esters is 1. The summed E-state index contributed by atoms with van der Waals surface area (Å²) in [5.74, 6) is -0.987. The predicted molar refractivity (Wildman–Crippen MR) is 95.2 cm³/mol. The summed E-state index contributed by atoms with van der Waals surface area (Å²) in [6.45, 7) is 3.45. The maximum Gasteiger partial charge on any atom is 0.339 e. The van der Waals surface area contributed by atoms with Crippen LogP contribution >= 0.6 is 11.8 Å². The number of ether oxygens (including phenoxy) is 1. The van der Waals surface area contributed by atoms with Gasteiger partial charge in [-0.2, -0.15) is 5.26 Å². The van der Waals surface area contributed by atoms with Crippen molar-refractivity contribution in [1.82, 2.24) is 5.32 Å². The summed E-state index contributed by atoms with van der Waals surface area (Å²) >= 11 is 1.30. The molecule has 126 valence electrons. The summed E-state index contributed by atoms with van der Waals surface area (Å²) in [7, 11) is 0. The van der Waals surface area contributed by atoms with E-state index < -0.39 is 11.9 Å². The highest BCUT2D eigenvalue weighted by atomic mass is 32.2. The van der Waals surface area contributed by atoms with Crippen LogP contribution in [-0.2, 0) is 9.53 Å². The summed E-state index contributed by atoms with van der Waals surface area (Å²) in [6.07, 6.45) is 1.54. The van der Waals surface area contributed by atoms with E-state index >= 15 is 0 Å². The Morgan fingerprint density at radius 3 is 2.56 bits per heavy atom. The molecule has 1 N–H and O–H groups in total. The molecule has 0 radical (unpaired) electrons. The number of nitrogens with one attached hydrogen (secondary N) is 1. The third kappa shape index (κ3) is 5.23. The molecule has 0 saturated heterocycles. The quantitative estimate of drug-likeness (QED) is 0.612. The molecule has 0 aromatic heterocycles. The Labute approximate surface area is 150 Å². The standard InChI is InChI=1S/C19H16N2O3S/c1-2-11-21-18(22)13-24-19(23)15-8-4-6-10-17(15)25-16-9-5-3-7-14(16)12-20/h2-10H,1,11,13H2,(H,21,22). The minimum absolute atomic E-state index is 0.313. The van der Waals surface area contributed by atoms with Gasteiger partial charge in [-0.3, -0.25) is 4.79 Å². The van der Waals surface area contributed by atoms with Crippen molar-refractivity contribution in [2.75, 3.05) is 13.2 Å². The van der Waals surface area contributed by atoms with Crippen LogP contribution in [0.1, 0.15) is 15.9 Å². The van der Waals surface area contributed by atoms with E-state index in [1.165, 1.54) is 17.8 Å². The lowest BCUT2D eigenvalue weighted by molar-refractivity contribution is -0.124. The molecule has 0 atom stereocenters. The van der Waals surface area contributed by atoms with Crippen molar-refractivity contribution in [1.29, 1.82) is 5.26 Å². The molecule has 2 rings (SSSR count). The van der Waals surface area contributed by atoms with Crippen LogP contribution in [0.5, 0.6) is 0 Å². The Morgan fingerprint density at radius 2 is 1.84 bits per heavy atom. The van der Waals surface area contributed by atoms with E-state index in [9.17, 15) is 14.9 Å². The minimum atomic E-state index is -0.591. The molecule has 0 unspecified atom stereocenters. The maximum absolute atomic E-state index is 12.3. The van der Waals surface area contributed by atoms with Crippen LogP contribution in [0.3, 0.4) is 0 Å². The zero-order valence-electron chi connectivity index (χ0n) is 13.4. The fourth-order valence-corrected chi connectivity index (χ4v) is 2.95. The Kier molecular flexibility index (Phi) is 6.81. The summed E-state index contributed by atoms with van der Waals surface area (Å²) < 4.78 is 5.06. The molecular formula is C19H16N2O3S. The van der Waals surface area contributed by atoms with E-state index in [1.807, 2.05) is 12.1 Å². The van der Waals surface area contributed by atoms with Gasteiger partial charge in [0.15, 0.2) is 6.61 Å². The lowest BCUT2D eigenvalue weighted by atomic mass is 10.2. The molecule has 0 aliphatic rings. The Bertz CT molecular complexity index is 827. The monoisotopic (exact) mass is 352 g/mol. The van der Waals surface area contributed by atoms with Gasteiger partial charge in [0.1, 0.15) is 6.07 Å². The number of carbonyl (C=O) groups excluding carboxylic acids is 2. The number of nitrogens with zero attached hydrogens (tertiary/aromatic N) is 1. The fraction of sp³-hybridized carbons (Fsp3) is 0.105. The molecule has 2 aromatic rings. The second-order valence-corrected chi connectivity index (χ2v) is 5.96. The Balaban J connectivity index is 2.12. The molecule has 0 aliphatic carbocycles. The maximum atomic E-state index is 12.3. The van der Waals surface area contributed by atoms with Crippen molar-refractivity contribution in [3.8, 4) is 6.07 Å². The lowest BCUT2D eigenvalue weighted by Crippen LogP contribution is -2.28. The van der Waals surface area contributed by atoms with Crippen LogP contribution in [0, 0.1) is 11.3 Å². The molecule has 0 heterocycles. The fourth-order valence-electron chi connectivity index (χ4n) is 1.94. The minimum Gasteiger partial charge on any atom is -0.452 e. The van der Waals surface area contributed by atoms with Crippen molar-refractivity contribution in [2.45, 2.75) is 9.79 Å². The first kappa shape index (κ1) is 18.3. The van der Waals surface area contributed by atoms with Crippen molar-refractivity contribution in [3.05, 3.63) is 72.3 Å². The topological polar surface area (TPSA) is 79.2 Å². The van der Waals surface area contributed by atoms with Crippen molar-refractivity contribution in [3.63, 3.8) is 0 Å². The van der Waals surface area contributed by atoms with Gasteiger partial charge in [-0.05, 0) is 24.3 Å². The first-order valence-corrected chi connectivity index (χ1v) is 8.28. The molecule has 0 saturated carbocycles. The van der Waals surface area contributed by atoms with Crippen LogP contribution in [0.2, 0.25) is 0 Å². The third-order valence-corrected chi connectivity index (χ3v) is 4.26. The lowest BCUT2D eigenvalue weighted by Gasteiger charge is -2.10. The van der Waals surface area contributed by atoms with Gasteiger partial charge in [-0.15, -0.1) is 6.58 Å². The second kappa shape index (κ2) is 9.30. The number of amides is 1. The number of hydrogen-bond acceptors (Lipinski definition) is 5. The third-order valence-electron chi connectivity index (χ3n) is 3.11. The predicted octanol–water partition coefficient (Wildman–Crippen LogP) is 3.17. The van der Waals surface area contributed by atoms with Gasteiger partial charge < -0.3 is 10.1 Å². The van der Waals surface area contributed by atoms with Gasteiger partial charge in [0.2, 0.25) is 0 Å².